The zero-order valence-corrected chi connectivity index (χ0v) is 14.0. The summed E-state index contributed by atoms with van der Waals surface area (Å²) < 4.78 is 16.4. The van der Waals surface area contributed by atoms with Gasteiger partial charge in [0, 0.05) is 12.3 Å². The topological polar surface area (TPSA) is 52.7 Å². The fraction of sp³-hybridized carbons (Fsp3) is 0.0500. The standard InChI is InChI=1S/C20H15FN4O/c1-14-3-2-4-17(13-14)24-12-10-19(26)20(23-24)18-9-11-22-25(18)16-7-5-15(21)6-8-16/h2-13H,1H3. The molecule has 2 aromatic carbocycles. The smallest absolute Gasteiger partial charge is 0.209 e. The highest BCUT2D eigenvalue weighted by Crippen LogP contribution is 2.19. The van der Waals surface area contributed by atoms with E-state index in [1.54, 1.807) is 40.0 Å². The molecule has 0 radical (unpaired) electrons. The molecule has 26 heavy (non-hydrogen) atoms. The molecule has 0 atom stereocenters. The van der Waals surface area contributed by atoms with Crippen LogP contribution in [0.4, 0.5) is 4.39 Å². The molecule has 0 aliphatic carbocycles. The predicted octanol–water partition coefficient (Wildman–Crippen LogP) is 3.53. The normalized spacial score (nSPS) is 10.8. The van der Waals surface area contributed by atoms with Crippen LogP contribution < -0.4 is 5.43 Å². The van der Waals surface area contributed by atoms with E-state index in [2.05, 4.69) is 10.2 Å². The molecule has 0 aliphatic heterocycles. The Morgan fingerprint density at radius 2 is 1.77 bits per heavy atom. The van der Waals surface area contributed by atoms with Crippen molar-refractivity contribution in [3.05, 3.63) is 94.7 Å². The van der Waals surface area contributed by atoms with Gasteiger partial charge in [0.2, 0.25) is 5.43 Å². The summed E-state index contributed by atoms with van der Waals surface area (Å²) in [7, 11) is 0. The van der Waals surface area contributed by atoms with Crippen LogP contribution in [-0.4, -0.2) is 19.6 Å². The lowest BCUT2D eigenvalue weighted by Gasteiger charge is -2.10. The molecular formula is C20H15FN4O. The van der Waals surface area contributed by atoms with E-state index in [1.807, 2.05) is 31.2 Å². The minimum absolute atomic E-state index is 0.210. The number of halogens is 1. The Kier molecular flexibility index (Phi) is 3.93. The second kappa shape index (κ2) is 6.40. The Morgan fingerprint density at radius 3 is 2.54 bits per heavy atom. The van der Waals surface area contributed by atoms with Gasteiger partial charge in [-0.2, -0.15) is 10.2 Å². The Morgan fingerprint density at radius 1 is 0.962 bits per heavy atom. The number of hydrogen-bond donors (Lipinski definition) is 0. The molecule has 4 rings (SSSR count). The molecule has 0 aliphatic rings. The molecule has 128 valence electrons. The van der Waals surface area contributed by atoms with E-state index in [9.17, 15) is 9.18 Å². The number of aromatic nitrogens is 4. The molecule has 0 saturated heterocycles. The summed E-state index contributed by atoms with van der Waals surface area (Å²) in [5, 5.41) is 8.76. The van der Waals surface area contributed by atoms with Crippen molar-refractivity contribution in [3.8, 4) is 22.8 Å². The van der Waals surface area contributed by atoms with Gasteiger partial charge in [-0.1, -0.05) is 12.1 Å². The van der Waals surface area contributed by atoms with Gasteiger partial charge in [0.05, 0.1) is 23.3 Å². The Balaban J connectivity index is 1.85. The minimum Gasteiger partial charge on any atom is -0.287 e. The molecule has 0 spiro atoms. The van der Waals surface area contributed by atoms with E-state index in [4.69, 9.17) is 0 Å². The van der Waals surface area contributed by atoms with Crippen LogP contribution in [0.1, 0.15) is 5.56 Å². The first-order valence-corrected chi connectivity index (χ1v) is 8.09. The van der Waals surface area contributed by atoms with E-state index in [-0.39, 0.29) is 16.9 Å². The molecule has 5 nitrogen and oxygen atoms in total. The van der Waals surface area contributed by atoms with Crippen molar-refractivity contribution < 1.29 is 4.39 Å². The second-order valence-corrected chi connectivity index (χ2v) is 5.92. The zero-order valence-electron chi connectivity index (χ0n) is 14.0. The average molecular weight is 346 g/mol. The van der Waals surface area contributed by atoms with Gasteiger partial charge in [0.25, 0.3) is 0 Å². The van der Waals surface area contributed by atoms with E-state index >= 15 is 0 Å². The predicted molar refractivity (Wildman–Crippen MR) is 97.1 cm³/mol. The highest BCUT2D eigenvalue weighted by molar-refractivity contribution is 5.57. The summed E-state index contributed by atoms with van der Waals surface area (Å²) in [5.41, 5.74) is 3.22. The maximum absolute atomic E-state index is 13.2. The van der Waals surface area contributed by atoms with Gasteiger partial charge in [-0.3, -0.25) is 4.79 Å². The van der Waals surface area contributed by atoms with E-state index < -0.39 is 0 Å². The van der Waals surface area contributed by atoms with Crippen molar-refractivity contribution in [2.24, 2.45) is 0 Å². The average Bonchev–Trinajstić information content (AvgIpc) is 3.12. The molecular weight excluding hydrogens is 331 g/mol. The van der Waals surface area contributed by atoms with Crippen molar-refractivity contribution in [1.82, 2.24) is 19.6 Å². The third-order valence-corrected chi connectivity index (χ3v) is 4.03. The van der Waals surface area contributed by atoms with Crippen LogP contribution in [-0.2, 0) is 0 Å². The zero-order chi connectivity index (χ0) is 18.1. The van der Waals surface area contributed by atoms with Crippen LogP contribution in [0.5, 0.6) is 0 Å². The second-order valence-electron chi connectivity index (χ2n) is 5.92. The highest BCUT2D eigenvalue weighted by Gasteiger charge is 2.13. The summed E-state index contributed by atoms with van der Waals surface area (Å²) in [6, 6.07) is 16.9. The van der Waals surface area contributed by atoms with Crippen LogP contribution in [0.15, 0.2) is 77.9 Å². The molecule has 0 saturated carbocycles. The Hall–Kier alpha value is -3.54. The summed E-state index contributed by atoms with van der Waals surface area (Å²) in [6.45, 7) is 2.00. The molecule has 0 fully saturated rings. The number of rotatable bonds is 3. The first kappa shape index (κ1) is 16.0. The van der Waals surface area contributed by atoms with E-state index in [1.165, 1.54) is 18.2 Å². The van der Waals surface area contributed by atoms with Crippen molar-refractivity contribution in [1.29, 1.82) is 0 Å². The molecule has 0 N–H and O–H groups in total. The summed E-state index contributed by atoms with van der Waals surface area (Å²) in [6.07, 6.45) is 3.23. The first-order valence-electron chi connectivity index (χ1n) is 8.09. The largest absolute Gasteiger partial charge is 0.287 e. The summed E-state index contributed by atoms with van der Waals surface area (Å²) in [5.74, 6) is -0.331. The number of aryl methyl sites for hydroxylation is 1. The van der Waals surface area contributed by atoms with Gasteiger partial charge in [0.1, 0.15) is 5.82 Å². The number of nitrogens with zero attached hydrogens (tertiary/aromatic N) is 4. The van der Waals surface area contributed by atoms with Crippen molar-refractivity contribution in [2.45, 2.75) is 6.92 Å². The Labute approximate surface area is 149 Å². The lowest BCUT2D eigenvalue weighted by Crippen LogP contribution is -2.14. The number of benzene rings is 2. The van der Waals surface area contributed by atoms with Gasteiger partial charge in [-0.25, -0.2) is 13.8 Å². The SMILES string of the molecule is Cc1cccc(-n2ccc(=O)c(-c3ccnn3-c3ccc(F)cc3)n2)c1. The van der Waals surface area contributed by atoms with Crippen LogP contribution in [0.25, 0.3) is 22.8 Å². The maximum atomic E-state index is 13.2. The van der Waals surface area contributed by atoms with Crippen LogP contribution in [0.2, 0.25) is 0 Å². The molecule has 0 unspecified atom stereocenters. The van der Waals surface area contributed by atoms with Gasteiger partial charge in [-0.05, 0) is 55.0 Å². The molecule has 0 amide bonds. The molecule has 4 aromatic rings. The summed E-state index contributed by atoms with van der Waals surface area (Å²) >= 11 is 0. The lowest BCUT2D eigenvalue weighted by atomic mass is 10.2. The van der Waals surface area contributed by atoms with Crippen LogP contribution >= 0.6 is 0 Å². The lowest BCUT2D eigenvalue weighted by molar-refractivity contribution is 0.627. The van der Waals surface area contributed by atoms with Gasteiger partial charge in [0.15, 0.2) is 5.69 Å². The first-order chi connectivity index (χ1) is 12.6. The third-order valence-electron chi connectivity index (χ3n) is 4.03. The molecule has 2 aromatic heterocycles. The monoisotopic (exact) mass is 346 g/mol. The molecule has 0 bridgehead atoms. The van der Waals surface area contributed by atoms with Gasteiger partial charge < -0.3 is 0 Å². The maximum Gasteiger partial charge on any atom is 0.209 e. The van der Waals surface area contributed by atoms with E-state index in [0.717, 1.165) is 11.3 Å². The quantitative estimate of drug-likeness (QED) is 0.570. The Bertz CT molecular complexity index is 1130. The fourth-order valence-corrected chi connectivity index (χ4v) is 2.77. The minimum atomic E-state index is -0.331. The molecule has 2 heterocycles. The molecule has 6 heteroatoms. The third kappa shape index (κ3) is 2.93. The number of hydrogen-bond acceptors (Lipinski definition) is 3. The van der Waals surface area contributed by atoms with Crippen LogP contribution in [0, 0.1) is 12.7 Å². The van der Waals surface area contributed by atoms with Gasteiger partial charge >= 0.3 is 0 Å². The van der Waals surface area contributed by atoms with E-state index in [0.29, 0.717) is 11.4 Å². The van der Waals surface area contributed by atoms with Gasteiger partial charge in [-0.15, -0.1) is 0 Å². The summed E-state index contributed by atoms with van der Waals surface area (Å²) in [4.78, 5) is 12.4. The van der Waals surface area contributed by atoms with Crippen molar-refractivity contribution >= 4 is 0 Å². The van der Waals surface area contributed by atoms with Crippen molar-refractivity contribution in [3.63, 3.8) is 0 Å². The fourth-order valence-electron chi connectivity index (χ4n) is 2.77. The van der Waals surface area contributed by atoms with Crippen LogP contribution in [0.3, 0.4) is 0 Å². The highest BCUT2D eigenvalue weighted by atomic mass is 19.1. The van der Waals surface area contributed by atoms with Crippen molar-refractivity contribution in [2.75, 3.05) is 0 Å².